The average molecular weight is 260 g/mol. The Kier molecular flexibility index (Phi) is 4.31. The van der Waals surface area contributed by atoms with Gasteiger partial charge < -0.3 is 10.6 Å². The second-order valence-corrected chi connectivity index (χ2v) is 4.62. The van der Waals surface area contributed by atoms with Crippen LogP contribution in [0, 0.1) is 21.4 Å². The van der Waals surface area contributed by atoms with Gasteiger partial charge in [0.15, 0.2) is 0 Å². The van der Waals surface area contributed by atoms with E-state index in [1.54, 1.807) is 6.07 Å². The molecule has 0 amide bonds. The third-order valence-electron chi connectivity index (χ3n) is 3.26. The van der Waals surface area contributed by atoms with Crippen LogP contribution in [-0.2, 0) is 0 Å². The summed E-state index contributed by atoms with van der Waals surface area (Å²) in [4.78, 5) is 10.6. The van der Waals surface area contributed by atoms with Crippen LogP contribution in [0.3, 0.4) is 0 Å². The number of nitrogens with zero attached hydrogens (tertiary/aromatic N) is 2. The Hall–Kier alpha value is -2.13. The van der Waals surface area contributed by atoms with Crippen molar-refractivity contribution in [3.63, 3.8) is 0 Å². The average Bonchev–Trinajstić information content (AvgIpc) is 2.67. The zero-order chi connectivity index (χ0) is 13.7. The number of benzene rings is 1. The van der Waals surface area contributed by atoms with Crippen LogP contribution >= 0.6 is 0 Å². The quantitative estimate of drug-likeness (QED) is 0.641. The Balaban J connectivity index is 2.21. The lowest BCUT2D eigenvalue weighted by Crippen LogP contribution is -2.22. The molecule has 1 aromatic rings. The molecule has 1 heterocycles. The Morgan fingerprint density at radius 1 is 1.42 bits per heavy atom. The summed E-state index contributed by atoms with van der Waals surface area (Å²) in [6.45, 7) is 1.89. The van der Waals surface area contributed by atoms with Crippen LogP contribution < -0.4 is 10.6 Å². The molecule has 0 radical (unpaired) electrons. The molecule has 100 valence electrons. The highest BCUT2D eigenvalue weighted by Gasteiger charge is 2.18. The van der Waals surface area contributed by atoms with Crippen molar-refractivity contribution in [3.8, 4) is 6.07 Å². The molecule has 1 unspecified atom stereocenters. The van der Waals surface area contributed by atoms with Gasteiger partial charge in [0.25, 0.3) is 5.69 Å². The first-order valence-corrected chi connectivity index (χ1v) is 6.36. The van der Waals surface area contributed by atoms with Crippen LogP contribution in [-0.4, -0.2) is 24.1 Å². The van der Waals surface area contributed by atoms with E-state index in [-0.39, 0.29) is 11.7 Å². The van der Waals surface area contributed by atoms with Gasteiger partial charge in [-0.15, -0.1) is 0 Å². The van der Waals surface area contributed by atoms with Crippen molar-refractivity contribution in [2.24, 2.45) is 0 Å². The van der Waals surface area contributed by atoms with Gasteiger partial charge in [-0.25, -0.2) is 0 Å². The van der Waals surface area contributed by atoms with Gasteiger partial charge >= 0.3 is 0 Å². The number of nitro benzene ring substituents is 1. The molecule has 0 aliphatic carbocycles. The predicted molar refractivity (Wildman–Crippen MR) is 71.9 cm³/mol. The first kappa shape index (κ1) is 13.3. The van der Waals surface area contributed by atoms with E-state index in [0.717, 1.165) is 32.4 Å². The van der Waals surface area contributed by atoms with Crippen molar-refractivity contribution < 1.29 is 4.92 Å². The van der Waals surface area contributed by atoms with E-state index in [0.29, 0.717) is 11.3 Å². The van der Waals surface area contributed by atoms with Crippen molar-refractivity contribution in [2.75, 3.05) is 18.4 Å². The number of hydrogen-bond donors (Lipinski definition) is 2. The molecule has 1 saturated heterocycles. The van der Waals surface area contributed by atoms with Gasteiger partial charge in [-0.05, 0) is 44.5 Å². The van der Waals surface area contributed by atoms with E-state index in [1.165, 1.54) is 12.1 Å². The standard InChI is InChI=1S/C13H16N4O2/c14-9-10-3-4-13(17(18)19)12(8-10)16-11-2-1-6-15-7-5-11/h3-4,8,11,15-16H,1-2,5-7H2. The van der Waals surface area contributed by atoms with E-state index in [9.17, 15) is 10.1 Å². The van der Waals surface area contributed by atoms with Gasteiger partial charge in [-0.1, -0.05) is 0 Å². The molecule has 1 aliphatic heterocycles. The minimum absolute atomic E-state index is 0.0243. The molecule has 0 aromatic heterocycles. The van der Waals surface area contributed by atoms with Gasteiger partial charge in [0, 0.05) is 12.1 Å². The van der Waals surface area contributed by atoms with Crippen LogP contribution in [0.5, 0.6) is 0 Å². The van der Waals surface area contributed by atoms with Crippen LogP contribution in [0.15, 0.2) is 18.2 Å². The maximum absolute atomic E-state index is 11.0. The van der Waals surface area contributed by atoms with Gasteiger partial charge in [0.2, 0.25) is 0 Å². The number of nitrogens with one attached hydrogen (secondary N) is 2. The largest absolute Gasteiger partial charge is 0.377 e. The fourth-order valence-electron chi connectivity index (χ4n) is 2.26. The molecular weight excluding hydrogens is 244 g/mol. The molecule has 1 fully saturated rings. The van der Waals surface area contributed by atoms with Crippen molar-refractivity contribution in [1.29, 1.82) is 5.26 Å². The maximum atomic E-state index is 11.0. The maximum Gasteiger partial charge on any atom is 0.292 e. The van der Waals surface area contributed by atoms with E-state index in [2.05, 4.69) is 10.6 Å². The van der Waals surface area contributed by atoms with Gasteiger partial charge in [0.1, 0.15) is 5.69 Å². The minimum Gasteiger partial charge on any atom is -0.377 e. The van der Waals surface area contributed by atoms with Crippen LogP contribution in [0.1, 0.15) is 24.8 Å². The second-order valence-electron chi connectivity index (χ2n) is 4.62. The highest BCUT2D eigenvalue weighted by atomic mass is 16.6. The Morgan fingerprint density at radius 2 is 2.26 bits per heavy atom. The lowest BCUT2D eigenvalue weighted by Gasteiger charge is -2.17. The molecule has 19 heavy (non-hydrogen) atoms. The zero-order valence-electron chi connectivity index (χ0n) is 10.6. The van der Waals surface area contributed by atoms with E-state index < -0.39 is 4.92 Å². The van der Waals surface area contributed by atoms with E-state index in [4.69, 9.17) is 5.26 Å². The molecule has 0 saturated carbocycles. The number of anilines is 1. The Morgan fingerprint density at radius 3 is 3.00 bits per heavy atom. The molecule has 0 spiro atoms. The summed E-state index contributed by atoms with van der Waals surface area (Å²) in [6.07, 6.45) is 2.94. The van der Waals surface area contributed by atoms with E-state index in [1.807, 2.05) is 6.07 Å². The van der Waals surface area contributed by atoms with Crippen molar-refractivity contribution >= 4 is 11.4 Å². The molecule has 1 aliphatic rings. The summed E-state index contributed by atoms with van der Waals surface area (Å²) in [5.74, 6) is 0. The van der Waals surface area contributed by atoms with Crippen molar-refractivity contribution in [2.45, 2.75) is 25.3 Å². The molecule has 0 bridgehead atoms. The lowest BCUT2D eigenvalue weighted by molar-refractivity contribution is -0.384. The fourth-order valence-corrected chi connectivity index (χ4v) is 2.26. The third kappa shape index (κ3) is 3.42. The highest BCUT2D eigenvalue weighted by molar-refractivity contribution is 5.64. The number of nitriles is 1. The smallest absolute Gasteiger partial charge is 0.292 e. The summed E-state index contributed by atoms with van der Waals surface area (Å²) < 4.78 is 0. The summed E-state index contributed by atoms with van der Waals surface area (Å²) in [5, 5.41) is 26.4. The fraction of sp³-hybridized carbons (Fsp3) is 0.462. The van der Waals surface area contributed by atoms with Crippen LogP contribution in [0.2, 0.25) is 0 Å². The summed E-state index contributed by atoms with van der Waals surface area (Å²) in [7, 11) is 0. The predicted octanol–water partition coefficient (Wildman–Crippen LogP) is 2.02. The van der Waals surface area contributed by atoms with Gasteiger partial charge in [-0.2, -0.15) is 5.26 Å². The van der Waals surface area contributed by atoms with Gasteiger partial charge in [-0.3, -0.25) is 10.1 Å². The molecule has 2 rings (SSSR count). The molecular formula is C13H16N4O2. The minimum atomic E-state index is -0.418. The monoisotopic (exact) mass is 260 g/mol. The summed E-state index contributed by atoms with van der Waals surface area (Å²) in [6, 6.07) is 6.63. The van der Waals surface area contributed by atoms with Crippen molar-refractivity contribution in [3.05, 3.63) is 33.9 Å². The Bertz CT molecular complexity index is 502. The number of nitro groups is 1. The molecule has 1 atom stereocenters. The summed E-state index contributed by atoms with van der Waals surface area (Å²) in [5.41, 5.74) is 0.895. The topological polar surface area (TPSA) is 91.0 Å². The number of hydrogen-bond acceptors (Lipinski definition) is 5. The molecule has 6 heteroatoms. The van der Waals surface area contributed by atoms with Gasteiger partial charge in [0.05, 0.1) is 16.6 Å². The lowest BCUT2D eigenvalue weighted by atomic mass is 10.1. The zero-order valence-corrected chi connectivity index (χ0v) is 10.6. The van der Waals surface area contributed by atoms with E-state index >= 15 is 0 Å². The number of rotatable bonds is 3. The normalized spacial score (nSPS) is 19.2. The second kappa shape index (κ2) is 6.16. The SMILES string of the molecule is N#Cc1ccc([N+](=O)[O-])c(NC2CCCNCC2)c1. The van der Waals surface area contributed by atoms with Crippen LogP contribution in [0.25, 0.3) is 0 Å². The molecule has 1 aromatic carbocycles. The molecule has 2 N–H and O–H groups in total. The molecule has 6 nitrogen and oxygen atoms in total. The van der Waals surface area contributed by atoms with Crippen molar-refractivity contribution in [1.82, 2.24) is 5.32 Å². The van der Waals surface area contributed by atoms with Crippen LogP contribution in [0.4, 0.5) is 11.4 Å². The Labute approximate surface area is 111 Å². The first-order chi connectivity index (χ1) is 9.20. The summed E-state index contributed by atoms with van der Waals surface area (Å²) >= 11 is 0. The third-order valence-corrected chi connectivity index (χ3v) is 3.26. The highest BCUT2D eigenvalue weighted by Crippen LogP contribution is 2.27. The first-order valence-electron chi connectivity index (χ1n) is 6.36.